The minimum atomic E-state index is -0.931. The fraction of sp³-hybridized carbons (Fsp3) is 0.386. The van der Waals surface area contributed by atoms with Gasteiger partial charge in [-0.3, -0.25) is 33.6 Å². The molecule has 8 amide bonds. The average molecular weight is 1160 g/mol. The number of hydrogen-bond acceptors (Lipinski definition) is 17. The molecular weight excluding hydrogens is 1100 g/mol. The molecule has 440 valence electrons. The third-order valence-electron chi connectivity index (χ3n) is 13.0. The Hall–Kier alpha value is -8.75. The Kier molecular flexibility index (Phi) is 22.2. The summed E-state index contributed by atoms with van der Waals surface area (Å²) in [7, 11) is 0. The maximum Gasteiger partial charge on any atom is 0.410 e. The summed E-state index contributed by atoms with van der Waals surface area (Å²) >= 11 is 1.29. The molecule has 2 aliphatic heterocycles. The van der Waals surface area contributed by atoms with Crippen molar-refractivity contribution in [2.75, 3.05) is 67.3 Å². The number of hydrogen-bond donors (Lipinski definition) is 6. The van der Waals surface area contributed by atoms with Gasteiger partial charge in [0.1, 0.15) is 17.7 Å². The Morgan fingerprint density at radius 2 is 1.45 bits per heavy atom. The van der Waals surface area contributed by atoms with Gasteiger partial charge in [-0.2, -0.15) is 14.0 Å². The predicted molar refractivity (Wildman–Crippen MR) is 304 cm³/mol. The molecule has 6 N–H and O–H groups in total. The lowest BCUT2D eigenvalue weighted by Gasteiger charge is -2.31. The maximum absolute atomic E-state index is 16.7. The van der Waals surface area contributed by atoms with Crippen molar-refractivity contribution in [2.24, 2.45) is 5.92 Å². The summed E-state index contributed by atoms with van der Waals surface area (Å²) in [5.74, 6) is -5.05. The summed E-state index contributed by atoms with van der Waals surface area (Å²) in [6.45, 7) is 11.4. The molecule has 2 saturated heterocycles. The molecule has 2 fully saturated rings. The fourth-order valence-corrected chi connectivity index (χ4v) is 9.52. The quantitative estimate of drug-likeness (QED) is 0.0139. The first kappa shape index (κ1) is 61.9. The highest BCUT2D eigenvalue weighted by Crippen LogP contribution is 2.36. The largest absolute Gasteiger partial charge is 0.445 e. The molecule has 1 unspecified atom stereocenters. The van der Waals surface area contributed by atoms with Crippen LogP contribution < -0.4 is 31.9 Å². The molecule has 26 heteroatoms. The van der Waals surface area contributed by atoms with E-state index in [1.165, 1.54) is 16.3 Å². The van der Waals surface area contributed by atoms with E-state index in [0.29, 0.717) is 70.5 Å². The second-order valence-electron chi connectivity index (χ2n) is 19.9. The predicted octanol–water partition coefficient (Wildman–Crippen LogP) is 6.62. The summed E-state index contributed by atoms with van der Waals surface area (Å²) in [5.41, 5.74) is 4.20. The van der Waals surface area contributed by atoms with Crippen LogP contribution in [0.3, 0.4) is 0 Å². The van der Waals surface area contributed by atoms with Crippen molar-refractivity contribution < 1.29 is 66.6 Å². The van der Waals surface area contributed by atoms with Crippen LogP contribution in [0.4, 0.5) is 37.8 Å². The number of halogens is 1. The molecule has 83 heavy (non-hydrogen) atoms. The molecule has 0 aliphatic carbocycles. The van der Waals surface area contributed by atoms with E-state index in [1.54, 1.807) is 97.7 Å². The Morgan fingerprint density at radius 3 is 2.11 bits per heavy atom. The normalized spacial score (nSPS) is 13.9. The van der Waals surface area contributed by atoms with Crippen molar-refractivity contribution >= 4 is 99.4 Å². The third kappa shape index (κ3) is 17.9. The van der Waals surface area contributed by atoms with E-state index < -0.39 is 59.4 Å². The number of thioether (sulfide) groups is 1. The second kappa shape index (κ2) is 29.8. The van der Waals surface area contributed by atoms with Crippen LogP contribution >= 0.6 is 11.8 Å². The molecule has 4 heterocycles. The van der Waals surface area contributed by atoms with Gasteiger partial charge in [-0.1, -0.05) is 64.2 Å². The van der Waals surface area contributed by atoms with Crippen LogP contribution in [0.5, 0.6) is 0 Å². The first-order valence-electron chi connectivity index (χ1n) is 26.9. The zero-order valence-corrected chi connectivity index (χ0v) is 47.1. The smallest absolute Gasteiger partial charge is 0.410 e. The number of aromatic nitrogens is 3. The van der Waals surface area contributed by atoms with Gasteiger partial charge >= 0.3 is 12.1 Å². The van der Waals surface area contributed by atoms with Gasteiger partial charge in [0.25, 0.3) is 17.7 Å². The van der Waals surface area contributed by atoms with E-state index in [-0.39, 0.29) is 99.1 Å². The highest BCUT2D eigenvalue weighted by Gasteiger charge is 2.33. The topological polar surface area (TPSA) is 299 Å². The van der Waals surface area contributed by atoms with E-state index >= 15 is 4.39 Å². The monoisotopic (exact) mass is 1160 g/mol. The number of benzene rings is 3. The van der Waals surface area contributed by atoms with Crippen LogP contribution in [-0.2, 0) is 59.2 Å². The fourth-order valence-electron chi connectivity index (χ4n) is 8.42. The van der Waals surface area contributed by atoms with Crippen LogP contribution in [0.2, 0.25) is 0 Å². The molecule has 7 rings (SSSR count). The number of nitrogens with one attached hydrogen (secondary N) is 6. The Morgan fingerprint density at radius 1 is 0.795 bits per heavy atom. The summed E-state index contributed by atoms with van der Waals surface area (Å²) in [6.07, 6.45) is 3.13. The van der Waals surface area contributed by atoms with Crippen molar-refractivity contribution in [1.29, 1.82) is 0 Å². The standard InChI is InChI=1S/C57H66FN11O13S/c1-6-44(70)61-39-16-12-37(13-17-39)54(76)64-41-9-7-8-40(30-41)63-53-50(58)56(66-52-43(34(2)3)31-60-68(52)53)83-42-20-24-67(25-21-42)57(78)81-33-36-10-14-38(15-11-36)62-46(72)32-59-55(77)51(35(4)5)65-45(71)22-26-79-28-29-80-27-23-49(75)82-69-47(73)18-19-48(69)74/h6-17,30-31,34-35,42,51,63H,1,18-29,32-33H2,2-5H3,(H,59,77)(H,61,70)(H,62,72)(H,64,76)(H,65,71). The number of amides is 8. The highest BCUT2D eigenvalue weighted by atomic mass is 32.2. The number of hydroxylamine groups is 2. The van der Waals surface area contributed by atoms with Gasteiger partial charge < -0.3 is 55.8 Å². The van der Waals surface area contributed by atoms with E-state index in [9.17, 15) is 43.2 Å². The van der Waals surface area contributed by atoms with Gasteiger partial charge in [-0.15, -0.1) is 5.06 Å². The van der Waals surface area contributed by atoms with Gasteiger partial charge in [0.05, 0.1) is 45.6 Å². The summed E-state index contributed by atoms with van der Waals surface area (Å²) < 4.78 is 34.4. The van der Waals surface area contributed by atoms with E-state index in [0.717, 1.165) is 11.6 Å². The SMILES string of the molecule is C=CC(=O)Nc1ccc(C(=O)Nc2cccc(Nc3c(F)c(SC4CCN(C(=O)OCc5ccc(NC(=O)CNC(=O)C(NC(=O)CCOCCOCCC(=O)ON6C(=O)CCC6=O)C(C)C)cc5)CC4)nc4c(C(C)C)cnn34)c2)cc1. The van der Waals surface area contributed by atoms with Crippen molar-refractivity contribution in [3.63, 3.8) is 0 Å². The van der Waals surface area contributed by atoms with Gasteiger partial charge in [-0.25, -0.2) is 14.6 Å². The zero-order chi connectivity index (χ0) is 59.6. The number of fused-ring (bicyclic) bond motifs is 1. The number of likely N-dealkylation sites (tertiary alicyclic amines) is 1. The first-order valence-corrected chi connectivity index (χ1v) is 27.8. The molecule has 2 aromatic heterocycles. The summed E-state index contributed by atoms with van der Waals surface area (Å²) in [5, 5.41) is 21.6. The Bertz CT molecular complexity index is 3170. The molecule has 0 radical (unpaired) electrons. The summed E-state index contributed by atoms with van der Waals surface area (Å²) in [4.78, 5) is 123. The lowest BCUT2D eigenvalue weighted by molar-refractivity contribution is -0.198. The Balaban J connectivity index is 0.808. The molecule has 3 aromatic carbocycles. The number of carbonyl (C=O) groups is 9. The third-order valence-corrected chi connectivity index (χ3v) is 14.3. The van der Waals surface area contributed by atoms with Crippen molar-refractivity contribution in [3.8, 4) is 0 Å². The van der Waals surface area contributed by atoms with Crippen LogP contribution in [0.15, 0.2) is 96.7 Å². The molecule has 0 spiro atoms. The van der Waals surface area contributed by atoms with Crippen LogP contribution in [-0.4, -0.2) is 135 Å². The first-order chi connectivity index (χ1) is 39.8. The van der Waals surface area contributed by atoms with Crippen LogP contribution in [0.1, 0.15) is 93.6 Å². The molecule has 2 aliphatic rings. The lowest BCUT2D eigenvalue weighted by atomic mass is 10.0. The van der Waals surface area contributed by atoms with E-state index in [4.69, 9.17) is 24.0 Å². The maximum atomic E-state index is 16.7. The number of ether oxygens (including phenoxy) is 3. The van der Waals surface area contributed by atoms with Gasteiger partial charge in [0, 0.05) is 71.5 Å². The van der Waals surface area contributed by atoms with Gasteiger partial charge in [0.15, 0.2) is 17.3 Å². The van der Waals surface area contributed by atoms with Gasteiger partial charge in [0.2, 0.25) is 23.6 Å². The molecule has 5 aromatic rings. The number of carbonyl (C=O) groups excluding carboxylic acids is 9. The Labute approximate surface area is 481 Å². The van der Waals surface area contributed by atoms with Gasteiger partial charge in [-0.05, 0) is 90.9 Å². The molecule has 24 nitrogen and oxygen atoms in total. The number of rotatable bonds is 27. The van der Waals surface area contributed by atoms with Crippen molar-refractivity contribution in [3.05, 3.63) is 114 Å². The van der Waals surface area contributed by atoms with Crippen LogP contribution in [0, 0.1) is 11.7 Å². The zero-order valence-electron chi connectivity index (χ0n) is 46.3. The molecule has 0 bridgehead atoms. The minimum absolute atomic E-state index is 0.00456. The van der Waals surface area contributed by atoms with E-state index in [1.807, 2.05) is 13.8 Å². The summed E-state index contributed by atoms with van der Waals surface area (Å²) in [6, 6.07) is 18.9. The minimum Gasteiger partial charge on any atom is -0.445 e. The van der Waals surface area contributed by atoms with Crippen molar-refractivity contribution in [2.45, 2.75) is 95.1 Å². The number of anilines is 5. The van der Waals surface area contributed by atoms with E-state index in [2.05, 4.69) is 43.6 Å². The molecular formula is C57H66FN11O13S. The number of piperidine rings is 1. The highest BCUT2D eigenvalue weighted by molar-refractivity contribution is 7.99. The molecule has 1 atom stereocenters. The number of imide groups is 1. The second-order valence-corrected chi connectivity index (χ2v) is 21.2. The van der Waals surface area contributed by atoms with Crippen molar-refractivity contribution in [1.82, 2.24) is 35.2 Å². The average Bonchev–Trinajstić information content (AvgIpc) is 4.23. The van der Waals surface area contributed by atoms with Crippen LogP contribution in [0.25, 0.3) is 5.65 Å². The lowest BCUT2D eigenvalue weighted by Crippen LogP contribution is -2.51. The molecule has 0 saturated carbocycles. The number of nitrogens with zero attached hydrogens (tertiary/aromatic N) is 5.